The van der Waals surface area contributed by atoms with Gasteiger partial charge in [-0.05, 0) is 44.5 Å². The van der Waals surface area contributed by atoms with Crippen LogP contribution in [-0.4, -0.2) is 31.3 Å². The second-order valence-corrected chi connectivity index (χ2v) is 5.99. The molecule has 1 N–H and O–H groups in total. The van der Waals surface area contributed by atoms with Crippen molar-refractivity contribution in [2.45, 2.75) is 37.4 Å². The van der Waals surface area contributed by atoms with Gasteiger partial charge in [0.2, 0.25) is 0 Å². The summed E-state index contributed by atoms with van der Waals surface area (Å²) >= 11 is 0. The van der Waals surface area contributed by atoms with Crippen molar-refractivity contribution < 1.29 is 9.47 Å². The van der Waals surface area contributed by atoms with Gasteiger partial charge in [0, 0.05) is 24.8 Å². The van der Waals surface area contributed by atoms with E-state index in [0.29, 0.717) is 6.61 Å². The molecule has 4 heterocycles. The number of aryl methyl sites for hydroxylation is 1. The van der Waals surface area contributed by atoms with Crippen LogP contribution in [0.15, 0.2) is 12.3 Å². The smallest absolute Gasteiger partial charge is 0.137 e. The molecule has 0 amide bonds. The highest BCUT2D eigenvalue weighted by Crippen LogP contribution is 2.54. The zero-order valence-corrected chi connectivity index (χ0v) is 11.4. The number of piperidine rings is 1. The Morgan fingerprint density at radius 1 is 1.21 bits per heavy atom. The zero-order valence-electron chi connectivity index (χ0n) is 11.4. The van der Waals surface area contributed by atoms with Gasteiger partial charge in [0.25, 0.3) is 0 Å². The minimum absolute atomic E-state index is 0.132. The summed E-state index contributed by atoms with van der Waals surface area (Å²) < 4.78 is 12.3. The van der Waals surface area contributed by atoms with E-state index in [4.69, 9.17) is 9.47 Å². The molecule has 4 heteroatoms. The van der Waals surface area contributed by atoms with Crippen LogP contribution in [-0.2, 0) is 20.7 Å². The Kier molecular flexibility index (Phi) is 2.50. The topological polar surface area (TPSA) is 43.4 Å². The van der Waals surface area contributed by atoms with Gasteiger partial charge in [-0.2, -0.15) is 0 Å². The highest BCUT2D eigenvalue weighted by molar-refractivity contribution is 5.43. The molecule has 1 aromatic heterocycles. The van der Waals surface area contributed by atoms with E-state index >= 15 is 0 Å². The van der Waals surface area contributed by atoms with E-state index in [1.807, 2.05) is 6.20 Å². The van der Waals surface area contributed by atoms with Crippen molar-refractivity contribution in [1.82, 2.24) is 10.3 Å². The fourth-order valence-corrected chi connectivity index (χ4v) is 3.95. The lowest BCUT2D eigenvalue weighted by molar-refractivity contribution is -0.156. The fourth-order valence-electron chi connectivity index (χ4n) is 3.95. The highest BCUT2D eigenvalue weighted by Gasteiger charge is 2.56. The van der Waals surface area contributed by atoms with Crippen molar-refractivity contribution in [2.75, 3.05) is 26.3 Å². The van der Waals surface area contributed by atoms with Crippen LogP contribution in [0.3, 0.4) is 0 Å². The molecule has 2 fully saturated rings. The second-order valence-electron chi connectivity index (χ2n) is 5.99. The number of pyridine rings is 1. The molecular formula is C15H20N2O2. The number of ether oxygens (including phenoxy) is 2. The lowest BCUT2D eigenvalue weighted by Crippen LogP contribution is -2.42. The molecule has 0 aromatic carbocycles. The molecule has 19 heavy (non-hydrogen) atoms. The van der Waals surface area contributed by atoms with Crippen LogP contribution < -0.4 is 5.32 Å². The molecule has 0 aliphatic carbocycles. The van der Waals surface area contributed by atoms with E-state index in [1.54, 1.807) is 0 Å². The maximum Gasteiger partial charge on any atom is 0.137 e. The van der Waals surface area contributed by atoms with Gasteiger partial charge in [-0.3, -0.25) is 4.98 Å². The third kappa shape index (κ3) is 1.54. The van der Waals surface area contributed by atoms with Crippen molar-refractivity contribution in [3.63, 3.8) is 0 Å². The van der Waals surface area contributed by atoms with E-state index in [-0.39, 0.29) is 11.2 Å². The fraction of sp³-hybridized carbons (Fsp3) is 0.667. The first kappa shape index (κ1) is 11.8. The van der Waals surface area contributed by atoms with Crippen molar-refractivity contribution >= 4 is 0 Å². The molecule has 4 rings (SSSR count). The molecular weight excluding hydrogens is 240 g/mol. The number of rotatable bonds is 0. The largest absolute Gasteiger partial charge is 0.378 e. The van der Waals surface area contributed by atoms with Gasteiger partial charge in [-0.25, -0.2) is 0 Å². The van der Waals surface area contributed by atoms with E-state index in [9.17, 15) is 0 Å². The molecule has 102 valence electrons. The van der Waals surface area contributed by atoms with Crippen LogP contribution in [0.1, 0.15) is 36.1 Å². The maximum atomic E-state index is 6.66. The molecule has 3 aliphatic heterocycles. The average Bonchev–Trinajstić information content (AvgIpc) is 2.98. The number of fused-ring (bicyclic) bond motifs is 3. The van der Waals surface area contributed by atoms with Gasteiger partial charge in [0.05, 0.1) is 17.9 Å². The monoisotopic (exact) mass is 260 g/mol. The van der Waals surface area contributed by atoms with Crippen molar-refractivity contribution in [2.24, 2.45) is 0 Å². The third-order valence-corrected chi connectivity index (χ3v) is 4.83. The summed E-state index contributed by atoms with van der Waals surface area (Å²) in [5.41, 5.74) is 3.40. The van der Waals surface area contributed by atoms with Crippen molar-refractivity contribution in [3.8, 4) is 0 Å². The Morgan fingerprint density at radius 2 is 2.05 bits per heavy atom. The Balaban J connectivity index is 1.89. The Morgan fingerprint density at radius 3 is 2.79 bits per heavy atom. The first-order chi connectivity index (χ1) is 9.26. The number of hydrogen-bond donors (Lipinski definition) is 1. The van der Waals surface area contributed by atoms with Crippen LogP contribution in [0, 0.1) is 6.92 Å². The van der Waals surface area contributed by atoms with Gasteiger partial charge in [-0.15, -0.1) is 0 Å². The van der Waals surface area contributed by atoms with Gasteiger partial charge in [-0.1, -0.05) is 0 Å². The van der Waals surface area contributed by atoms with Crippen LogP contribution in [0.2, 0.25) is 0 Å². The molecule has 0 unspecified atom stereocenters. The van der Waals surface area contributed by atoms with E-state index in [1.165, 1.54) is 11.1 Å². The quantitative estimate of drug-likeness (QED) is 0.769. The SMILES string of the molecule is Cc1ccnc2c1C1(CCNCC1)O[C@]21CCOC1. The highest BCUT2D eigenvalue weighted by atomic mass is 16.6. The molecule has 0 saturated carbocycles. The average molecular weight is 260 g/mol. The van der Waals surface area contributed by atoms with E-state index in [0.717, 1.165) is 44.7 Å². The Bertz CT molecular complexity index is 503. The van der Waals surface area contributed by atoms with Crippen LogP contribution in [0.25, 0.3) is 0 Å². The van der Waals surface area contributed by atoms with E-state index < -0.39 is 0 Å². The Labute approximate surface area is 113 Å². The molecule has 2 spiro atoms. The van der Waals surface area contributed by atoms with E-state index in [2.05, 4.69) is 23.3 Å². The van der Waals surface area contributed by atoms with Crippen molar-refractivity contribution in [3.05, 3.63) is 29.1 Å². The lowest BCUT2D eigenvalue weighted by Gasteiger charge is -2.37. The summed E-state index contributed by atoms with van der Waals surface area (Å²) in [4.78, 5) is 4.68. The predicted molar refractivity (Wildman–Crippen MR) is 71.0 cm³/mol. The van der Waals surface area contributed by atoms with Gasteiger partial charge >= 0.3 is 0 Å². The van der Waals surface area contributed by atoms with Gasteiger partial charge < -0.3 is 14.8 Å². The first-order valence-corrected chi connectivity index (χ1v) is 7.21. The van der Waals surface area contributed by atoms with Crippen molar-refractivity contribution in [1.29, 1.82) is 0 Å². The number of hydrogen-bond acceptors (Lipinski definition) is 4. The minimum atomic E-state index is -0.279. The van der Waals surface area contributed by atoms with Gasteiger partial charge in [0.15, 0.2) is 0 Å². The molecule has 3 aliphatic rings. The minimum Gasteiger partial charge on any atom is -0.378 e. The van der Waals surface area contributed by atoms with Crippen LogP contribution in [0.5, 0.6) is 0 Å². The summed E-state index contributed by atoms with van der Waals surface area (Å²) in [6.45, 7) is 5.66. The first-order valence-electron chi connectivity index (χ1n) is 7.21. The lowest BCUT2D eigenvalue weighted by atomic mass is 9.82. The number of nitrogens with zero attached hydrogens (tertiary/aromatic N) is 1. The normalized spacial score (nSPS) is 32.1. The molecule has 1 atom stereocenters. The number of aromatic nitrogens is 1. The molecule has 2 saturated heterocycles. The summed E-state index contributed by atoms with van der Waals surface area (Å²) in [7, 11) is 0. The number of nitrogens with one attached hydrogen (secondary N) is 1. The predicted octanol–water partition coefficient (Wildman–Crippen LogP) is 1.61. The summed E-state index contributed by atoms with van der Waals surface area (Å²) in [5, 5.41) is 3.43. The summed E-state index contributed by atoms with van der Waals surface area (Å²) in [5.74, 6) is 0. The maximum absolute atomic E-state index is 6.66. The summed E-state index contributed by atoms with van der Waals surface area (Å²) in [6, 6.07) is 2.11. The summed E-state index contributed by atoms with van der Waals surface area (Å²) in [6.07, 6.45) is 4.92. The second kappa shape index (κ2) is 4.01. The molecule has 0 bridgehead atoms. The molecule has 4 nitrogen and oxygen atoms in total. The molecule has 0 radical (unpaired) electrons. The molecule has 1 aromatic rings. The zero-order chi connectivity index (χ0) is 12.9. The Hall–Kier alpha value is -0.970. The van der Waals surface area contributed by atoms with Gasteiger partial charge in [0.1, 0.15) is 5.60 Å². The standard InChI is InChI=1S/C15H20N2O2/c1-11-2-6-17-13-12(11)14(3-7-16-8-4-14)19-15(13)5-9-18-10-15/h2,6,16H,3-5,7-10H2,1H3/t15-/m0/s1. The van der Waals surface area contributed by atoms with Crippen LogP contribution in [0.4, 0.5) is 0 Å². The van der Waals surface area contributed by atoms with Crippen LogP contribution >= 0.6 is 0 Å². The third-order valence-electron chi connectivity index (χ3n) is 4.83.